The fraction of sp³-hybridized carbons (Fsp3) is 0.455. The fourth-order valence-electron chi connectivity index (χ4n) is 2.19. The van der Waals surface area contributed by atoms with Gasteiger partial charge in [-0.2, -0.15) is 0 Å². The molecule has 74 valence electrons. The van der Waals surface area contributed by atoms with Gasteiger partial charge in [-0.3, -0.25) is 0 Å². The first-order valence-electron chi connectivity index (χ1n) is 4.90. The molecule has 0 saturated carbocycles. The monoisotopic (exact) mass is 191 g/mol. The first-order chi connectivity index (χ1) is 6.84. The van der Waals surface area contributed by atoms with Crippen LogP contribution in [-0.2, 0) is 5.54 Å². The summed E-state index contributed by atoms with van der Waals surface area (Å²) in [7, 11) is 1.69. The molecule has 0 unspecified atom stereocenters. The fourth-order valence-corrected chi connectivity index (χ4v) is 2.19. The lowest BCUT2D eigenvalue weighted by Crippen LogP contribution is -2.55. The highest BCUT2D eigenvalue weighted by Gasteiger charge is 2.45. The lowest BCUT2D eigenvalue weighted by molar-refractivity contribution is 0.154. The summed E-state index contributed by atoms with van der Waals surface area (Å²) in [5.74, 6) is 1.90. The molecular formula is C11H13NO2. The third kappa shape index (κ3) is 0.904. The Morgan fingerprint density at radius 1 is 1.50 bits per heavy atom. The van der Waals surface area contributed by atoms with Crippen LogP contribution in [0.3, 0.4) is 0 Å². The second-order valence-electron chi connectivity index (χ2n) is 3.91. The Kier molecular flexibility index (Phi) is 1.53. The molecule has 0 amide bonds. The van der Waals surface area contributed by atoms with E-state index in [0.717, 1.165) is 31.1 Å². The van der Waals surface area contributed by atoms with Gasteiger partial charge in [0.15, 0.2) is 0 Å². The highest BCUT2D eigenvalue weighted by Crippen LogP contribution is 2.44. The van der Waals surface area contributed by atoms with Crippen LogP contribution in [0.25, 0.3) is 0 Å². The van der Waals surface area contributed by atoms with Crippen molar-refractivity contribution >= 4 is 0 Å². The Morgan fingerprint density at radius 3 is 3.00 bits per heavy atom. The van der Waals surface area contributed by atoms with Crippen LogP contribution < -0.4 is 14.8 Å². The average Bonchev–Trinajstić information content (AvgIpc) is 2.55. The molecule has 2 aliphatic heterocycles. The lowest BCUT2D eigenvalue weighted by atomic mass is 9.83. The second kappa shape index (κ2) is 2.64. The van der Waals surface area contributed by atoms with Crippen molar-refractivity contribution < 1.29 is 9.47 Å². The van der Waals surface area contributed by atoms with E-state index in [0.29, 0.717) is 0 Å². The van der Waals surface area contributed by atoms with Gasteiger partial charge in [0, 0.05) is 5.56 Å². The average molecular weight is 191 g/mol. The lowest BCUT2D eigenvalue weighted by Gasteiger charge is -2.38. The molecule has 3 heteroatoms. The van der Waals surface area contributed by atoms with Crippen LogP contribution in [0.5, 0.6) is 11.5 Å². The van der Waals surface area contributed by atoms with Crippen molar-refractivity contribution in [2.45, 2.75) is 12.0 Å². The Labute approximate surface area is 83.0 Å². The molecule has 1 spiro atoms. The standard InChI is InChI=1S/C11H13NO2/c1-13-8-2-3-10-9(6-8)11(7-14-10)4-5-12-11/h2-3,6,12H,4-5,7H2,1H3/t11-/m1/s1. The Balaban J connectivity index is 2.08. The molecule has 14 heavy (non-hydrogen) atoms. The van der Waals surface area contributed by atoms with Gasteiger partial charge < -0.3 is 14.8 Å². The van der Waals surface area contributed by atoms with Gasteiger partial charge in [0.05, 0.1) is 12.6 Å². The normalized spacial score (nSPS) is 28.1. The van der Waals surface area contributed by atoms with Crippen molar-refractivity contribution in [3.8, 4) is 11.5 Å². The van der Waals surface area contributed by atoms with Gasteiger partial charge in [0.25, 0.3) is 0 Å². The molecule has 1 aromatic carbocycles. The molecule has 0 aromatic heterocycles. The topological polar surface area (TPSA) is 30.5 Å². The van der Waals surface area contributed by atoms with Crippen molar-refractivity contribution in [2.75, 3.05) is 20.3 Å². The number of rotatable bonds is 1. The first kappa shape index (κ1) is 8.12. The summed E-state index contributed by atoms with van der Waals surface area (Å²) in [6, 6.07) is 6.01. The number of nitrogens with one attached hydrogen (secondary N) is 1. The third-order valence-electron chi connectivity index (χ3n) is 3.19. The molecule has 0 aliphatic carbocycles. The number of methoxy groups -OCH3 is 1. The predicted molar refractivity (Wildman–Crippen MR) is 52.8 cm³/mol. The summed E-state index contributed by atoms with van der Waals surface area (Å²) in [6.45, 7) is 1.84. The summed E-state index contributed by atoms with van der Waals surface area (Å²) >= 11 is 0. The van der Waals surface area contributed by atoms with E-state index < -0.39 is 0 Å². The molecule has 0 radical (unpaired) electrons. The van der Waals surface area contributed by atoms with E-state index in [1.807, 2.05) is 12.1 Å². The van der Waals surface area contributed by atoms with Crippen LogP contribution in [0.15, 0.2) is 18.2 Å². The first-order valence-corrected chi connectivity index (χ1v) is 4.90. The van der Waals surface area contributed by atoms with Gasteiger partial charge in [-0.15, -0.1) is 0 Å². The quantitative estimate of drug-likeness (QED) is 0.725. The third-order valence-corrected chi connectivity index (χ3v) is 3.19. The van der Waals surface area contributed by atoms with E-state index in [-0.39, 0.29) is 5.54 Å². The maximum absolute atomic E-state index is 5.64. The molecule has 1 atom stereocenters. The molecular weight excluding hydrogens is 178 g/mol. The zero-order valence-electron chi connectivity index (χ0n) is 8.17. The Hall–Kier alpha value is -1.22. The number of fused-ring (bicyclic) bond motifs is 2. The predicted octanol–water partition coefficient (Wildman–Crippen LogP) is 1.28. The molecule has 0 bridgehead atoms. The van der Waals surface area contributed by atoms with E-state index in [2.05, 4.69) is 11.4 Å². The Bertz CT molecular complexity index is 372. The number of hydrogen-bond donors (Lipinski definition) is 1. The van der Waals surface area contributed by atoms with Gasteiger partial charge in [-0.1, -0.05) is 0 Å². The molecule has 3 nitrogen and oxygen atoms in total. The van der Waals surface area contributed by atoms with Crippen LogP contribution in [0, 0.1) is 0 Å². The molecule has 1 saturated heterocycles. The molecule has 3 rings (SSSR count). The van der Waals surface area contributed by atoms with Crippen molar-refractivity contribution in [1.29, 1.82) is 0 Å². The van der Waals surface area contributed by atoms with E-state index in [1.165, 1.54) is 5.56 Å². The van der Waals surface area contributed by atoms with E-state index >= 15 is 0 Å². The van der Waals surface area contributed by atoms with Gasteiger partial charge in [0.1, 0.15) is 18.1 Å². The van der Waals surface area contributed by atoms with Crippen LogP contribution in [0.2, 0.25) is 0 Å². The molecule has 2 heterocycles. The summed E-state index contributed by atoms with van der Waals surface area (Å²) in [5, 5.41) is 3.45. The van der Waals surface area contributed by atoms with Gasteiger partial charge >= 0.3 is 0 Å². The highest BCUT2D eigenvalue weighted by molar-refractivity contribution is 5.48. The number of hydrogen-bond acceptors (Lipinski definition) is 3. The zero-order chi connectivity index (χ0) is 9.60. The molecule has 1 N–H and O–H groups in total. The van der Waals surface area contributed by atoms with Gasteiger partial charge in [0.2, 0.25) is 0 Å². The highest BCUT2D eigenvalue weighted by atomic mass is 16.5. The van der Waals surface area contributed by atoms with E-state index in [9.17, 15) is 0 Å². The smallest absolute Gasteiger partial charge is 0.124 e. The summed E-state index contributed by atoms with van der Waals surface area (Å²) in [6.07, 6.45) is 1.16. The van der Waals surface area contributed by atoms with Gasteiger partial charge in [-0.05, 0) is 31.2 Å². The maximum atomic E-state index is 5.64. The molecule has 1 aromatic rings. The molecule has 1 fully saturated rings. The second-order valence-corrected chi connectivity index (χ2v) is 3.91. The maximum Gasteiger partial charge on any atom is 0.124 e. The van der Waals surface area contributed by atoms with Gasteiger partial charge in [-0.25, -0.2) is 0 Å². The minimum absolute atomic E-state index is 0.0872. The minimum Gasteiger partial charge on any atom is -0.497 e. The van der Waals surface area contributed by atoms with Crippen LogP contribution in [0.1, 0.15) is 12.0 Å². The SMILES string of the molecule is COc1ccc2c(c1)[C@@]1(CCN1)CO2. The van der Waals surface area contributed by atoms with Crippen molar-refractivity contribution in [1.82, 2.24) is 5.32 Å². The summed E-state index contributed by atoms with van der Waals surface area (Å²) in [4.78, 5) is 0. The summed E-state index contributed by atoms with van der Waals surface area (Å²) < 4.78 is 10.9. The summed E-state index contributed by atoms with van der Waals surface area (Å²) in [5.41, 5.74) is 1.34. The van der Waals surface area contributed by atoms with E-state index in [4.69, 9.17) is 9.47 Å². The van der Waals surface area contributed by atoms with Crippen LogP contribution in [0.4, 0.5) is 0 Å². The number of benzene rings is 1. The molecule has 2 aliphatic rings. The van der Waals surface area contributed by atoms with Crippen LogP contribution in [-0.4, -0.2) is 20.3 Å². The van der Waals surface area contributed by atoms with Crippen molar-refractivity contribution in [3.63, 3.8) is 0 Å². The van der Waals surface area contributed by atoms with Crippen molar-refractivity contribution in [2.24, 2.45) is 0 Å². The minimum atomic E-state index is 0.0872. The van der Waals surface area contributed by atoms with Crippen molar-refractivity contribution in [3.05, 3.63) is 23.8 Å². The van der Waals surface area contributed by atoms with Crippen LogP contribution >= 0.6 is 0 Å². The van der Waals surface area contributed by atoms with E-state index in [1.54, 1.807) is 7.11 Å². The Morgan fingerprint density at radius 2 is 2.36 bits per heavy atom. The number of ether oxygens (including phenoxy) is 2. The zero-order valence-corrected chi connectivity index (χ0v) is 8.17. The largest absolute Gasteiger partial charge is 0.497 e.